The first-order valence-electron chi connectivity index (χ1n) is 4.78. The highest BCUT2D eigenvalue weighted by atomic mass is 32.2. The molecule has 4 nitrogen and oxygen atoms in total. The predicted molar refractivity (Wildman–Crippen MR) is 62.4 cm³/mol. The molecule has 0 fully saturated rings. The third kappa shape index (κ3) is 3.57. The van der Waals surface area contributed by atoms with E-state index in [9.17, 15) is 8.42 Å². The van der Waals surface area contributed by atoms with Crippen LogP contribution in [0.15, 0.2) is 11.0 Å². The topological polar surface area (TPSA) is 72.2 Å². The molecule has 0 aliphatic rings. The summed E-state index contributed by atoms with van der Waals surface area (Å²) < 4.78 is 22.3. The number of hydrogen-bond donors (Lipinski definition) is 2. The van der Waals surface area contributed by atoms with Crippen LogP contribution in [0.25, 0.3) is 0 Å². The van der Waals surface area contributed by atoms with Gasteiger partial charge in [-0.05, 0) is 26.0 Å². The normalized spacial score (nSPS) is 11.9. The van der Waals surface area contributed by atoms with Crippen molar-refractivity contribution in [3.05, 3.63) is 15.8 Å². The van der Waals surface area contributed by atoms with Crippen LogP contribution in [0.2, 0.25) is 0 Å². The molecule has 0 atom stereocenters. The Morgan fingerprint density at radius 3 is 2.67 bits per heavy atom. The number of nitrogens with one attached hydrogen (secondary N) is 1. The van der Waals surface area contributed by atoms with Gasteiger partial charge in [-0.25, -0.2) is 13.6 Å². The lowest BCUT2D eigenvalue weighted by Gasteiger charge is -1.98. The minimum Gasteiger partial charge on any atom is -0.312 e. The monoisotopic (exact) mass is 248 g/mol. The molecular weight excluding hydrogens is 232 g/mol. The van der Waals surface area contributed by atoms with E-state index >= 15 is 0 Å². The molecule has 1 heterocycles. The number of sulfonamides is 1. The molecule has 0 aliphatic heterocycles. The van der Waals surface area contributed by atoms with E-state index in [1.54, 1.807) is 13.0 Å². The van der Waals surface area contributed by atoms with Crippen molar-refractivity contribution in [2.75, 3.05) is 6.54 Å². The summed E-state index contributed by atoms with van der Waals surface area (Å²) >= 11 is 1.47. The predicted octanol–water partition coefficient (Wildman–Crippen LogP) is 1.20. The van der Waals surface area contributed by atoms with Crippen LogP contribution in [0.4, 0.5) is 0 Å². The fourth-order valence-corrected chi connectivity index (χ4v) is 3.44. The van der Waals surface area contributed by atoms with E-state index in [2.05, 4.69) is 12.2 Å². The Balaban J connectivity index is 2.78. The molecule has 0 saturated carbocycles. The minimum atomic E-state index is -3.56. The number of aryl methyl sites for hydroxylation is 1. The average molecular weight is 248 g/mol. The van der Waals surface area contributed by atoms with Gasteiger partial charge in [-0.1, -0.05) is 6.92 Å². The highest BCUT2D eigenvalue weighted by Crippen LogP contribution is 2.24. The molecular formula is C9H16N2O2S2. The lowest BCUT2D eigenvalue weighted by atomic mass is 10.4. The van der Waals surface area contributed by atoms with Gasteiger partial charge < -0.3 is 5.32 Å². The van der Waals surface area contributed by atoms with Crippen LogP contribution in [0.5, 0.6) is 0 Å². The van der Waals surface area contributed by atoms with Crippen LogP contribution in [0.3, 0.4) is 0 Å². The first-order chi connectivity index (χ1) is 6.95. The van der Waals surface area contributed by atoms with Gasteiger partial charge in [0.25, 0.3) is 0 Å². The quantitative estimate of drug-likeness (QED) is 0.769. The van der Waals surface area contributed by atoms with Crippen molar-refractivity contribution in [1.29, 1.82) is 0 Å². The van der Waals surface area contributed by atoms with Crippen molar-refractivity contribution in [2.24, 2.45) is 5.14 Å². The number of hydrogen-bond acceptors (Lipinski definition) is 4. The second kappa shape index (κ2) is 5.07. The van der Waals surface area contributed by atoms with Gasteiger partial charge in [-0.2, -0.15) is 0 Å². The first kappa shape index (κ1) is 12.6. The van der Waals surface area contributed by atoms with E-state index in [1.807, 2.05) is 0 Å². The number of primary sulfonamides is 1. The summed E-state index contributed by atoms with van der Waals surface area (Å²) in [5.74, 6) is 0. The van der Waals surface area contributed by atoms with E-state index in [-0.39, 0.29) is 4.90 Å². The minimum absolute atomic E-state index is 0.251. The van der Waals surface area contributed by atoms with Crippen molar-refractivity contribution in [3.63, 3.8) is 0 Å². The van der Waals surface area contributed by atoms with E-state index < -0.39 is 10.0 Å². The van der Waals surface area contributed by atoms with E-state index in [1.165, 1.54) is 11.3 Å². The van der Waals surface area contributed by atoms with Gasteiger partial charge in [0.05, 0.1) is 4.90 Å². The van der Waals surface area contributed by atoms with Crippen molar-refractivity contribution in [2.45, 2.75) is 31.7 Å². The van der Waals surface area contributed by atoms with Crippen molar-refractivity contribution in [1.82, 2.24) is 5.32 Å². The van der Waals surface area contributed by atoms with Crippen LogP contribution in [0.1, 0.15) is 23.1 Å². The molecule has 0 radical (unpaired) electrons. The number of nitrogens with two attached hydrogens (primary N) is 1. The van der Waals surface area contributed by atoms with Gasteiger partial charge >= 0.3 is 0 Å². The summed E-state index contributed by atoms with van der Waals surface area (Å²) in [6.45, 7) is 5.49. The summed E-state index contributed by atoms with van der Waals surface area (Å²) in [5.41, 5.74) is 0. The molecule has 0 amide bonds. The molecule has 0 aliphatic carbocycles. The van der Waals surface area contributed by atoms with Crippen LogP contribution >= 0.6 is 11.3 Å². The zero-order valence-corrected chi connectivity index (χ0v) is 10.5. The van der Waals surface area contributed by atoms with Gasteiger partial charge in [-0.15, -0.1) is 11.3 Å². The fraction of sp³-hybridized carbons (Fsp3) is 0.556. The standard InChI is InChI=1S/C9H16N2O2S2/c1-3-4-11-6-8-5-9(7(2)14-8)15(10,12)13/h5,11H,3-4,6H2,1-2H3,(H2,10,12,13). The Bertz CT molecular complexity index is 423. The Morgan fingerprint density at radius 2 is 2.20 bits per heavy atom. The highest BCUT2D eigenvalue weighted by molar-refractivity contribution is 7.89. The molecule has 86 valence electrons. The fourth-order valence-electron chi connectivity index (χ4n) is 1.28. The Labute approximate surface area is 94.5 Å². The molecule has 1 rings (SSSR count). The molecule has 0 saturated heterocycles. The summed E-state index contributed by atoms with van der Waals surface area (Å²) in [5, 5.41) is 8.30. The van der Waals surface area contributed by atoms with E-state index in [4.69, 9.17) is 5.14 Å². The molecule has 6 heteroatoms. The molecule has 1 aromatic rings. The molecule has 0 spiro atoms. The summed E-state index contributed by atoms with van der Waals surface area (Å²) in [6, 6.07) is 1.65. The lowest BCUT2D eigenvalue weighted by Crippen LogP contribution is -2.13. The Kier molecular flexibility index (Phi) is 4.27. The maximum atomic E-state index is 11.2. The van der Waals surface area contributed by atoms with Crippen LogP contribution in [-0.4, -0.2) is 15.0 Å². The van der Waals surface area contributed by atoms with Crippen molar-refractivity contribution in [3.8, 4) is 0 Å². The van der Waals surface area contributed by atoms with Gasteiger partial charge in [-0.3, -0.25) is 0 Å². The molecule has 0 bridgehead atoms. The largest absolute Gasteiger partial charge is 0.312 e. The summed E-state index contributed by atoms with van der Waals surface area (Å²) in [4.78, 5) is 2.01. The second-order valence-electron chi connectivity index (χ2n) is 3.35. The maximum Gasteiger partial charge on any atom is 0.239 e. The molecule has 0 unspecified atom stereocenters. The first-order valence-corrected chi connectivity index (χ1v) is 7.14. The summed E-state index contributed by atoms with van der Waals surface area (Å²) in [6.07, 6.45) is 1.06. The molecule has 3 N–H and O–H groups in total. The van der Waals surface area contributed by atoms with E-state index in [0.717, 1.165) is 22.7 Å². The SMILES string of the molecule is CCCNCc1cc(S(N)(=O)=O)c(C)s1. The second-order valence-corrected chi connectivity index (χ2v) is 6.23. The van der Waals surface area contributed by atoms with Gasteiger partial charge in [0.2, 0.25) is 10.0 Å². The van der Waals surface area contributed by atoms with Crippen LogP contribution in [0, 0.1) is 6.92 Å². The van der Waals surface area contributed by atoms with Gasteiger partial charge in [0.1, 0.15) is 0 Å². The van der Waals surface area contributed by atoms with Gasteiger partial charge in [0, 0.05) is 16.3 Å². The highest BCUT2D eigenvalue weighted by Gasteiger charge is 2.14. The molecule has 1 aromatic heterocycles. The summed E-state index contributed by atoms with van der Waals surface area (Å²) in [7, 11) is -3.56. The van der Waals surface area contributed by atoms with Crippen molar-refractivity contribution < 1.29 is 8.42 Å². The number of rotatable bonds is 5. The average Bonchev–Trinajstić information content (AvgIpc) is 2.47. The Hall–Kier alpha value is -0.430. The lowest BCUT2D eigenvalue weighted by molar-refractivity contribution is 0.597. The van der Waals surface area contributed by atoms with Crippen molar-refractivity contribution >= 4 is 21.4 Å². The Morgan fingerprint density at radius 1 is 1.53 bits per heavy atom. The smallest absolute Gasteiger partial charge is 0.239 e. The van der Waals surface area contributed by atoms with E-state index in [0.29, 0.717) is 6.54 Å². The number of thiophene rings is 1. The zero-order chi connectivity index (χ0) is 11.5. The maximum absolute atomic E-state index is 11.2. The molecule has 15 heavy (non-hydrogen) atoms. The van der Waals surface area contributed by atoms with Gasteiger partial charge in [0.15, 0.2) is 0 Å². The third-order valence-electron chi connectivity index (χ3n) is 1.96. The van der Waals surface area contributed by atoms with Crippen LogP contribution in [-0.2, 0) is 16.6 Å². The van der Waals surface area contributed by atoms with Crippen LogP contribution < -0.4 is 10.5 Å². The zero-order valence-electron chi connectivity index (χ0n) is 8.91. The third-order valence-corrected chi connectivity index (χ3v) is 4.17. The molecule has 0 aromatic carbocycles.